The van der Waals surface area contributed by atoms with Crippen LogP contribution >= 0.6 is 0 Å². The van der Waals surface area contributed by atoms with Crippen molar-refractivity contribution >= 4 is 17.3 Å². The lowest BCUT2D eigenvalue weighted by atomic mass is 9.74. The third kappa shape index (κ3) is 4.31. The van der Waals surface area contributed by atoms with Crippen molar-refractivity contribution in [1.29, 1.82) is 0 Å². The first-order valence-electron chi connectivity index (χ1n) is 11.6. The summed E-state index contributed by atoms with van der Waals surface area (Å²) in [6.45, 7) is 1.94. The van der Waals surface area contributed by atoms with Crippen LogP contribution in [0.15, 0.2) is 109 Å². The van der Waals surface area contributed by atoms with Crippen LogP contribution in [0.4, 0.5) is 0 Å². The number of aryl methyl sites for hydroxylation is 1. The maximum Gasteiger partial charge on any atom is 0.203 e. The summed E-state index contributed by atoms with van der Waals surface area (Å²) in [7, 11) is 0. The normalized spacial score (nSPS) is 17.2. The summed E-state index contributed by atoms with van der Waals surface area (Å²) in [6, 6.07) is 32.1. The Bertz CT molecular complexity index is 1370. The Labute approximate surface area is 204 Å². The van der Waals surface area contributed by atoms with Gasteiger partial charge in [0.15, 0.2) is 17.7 Å². The zero-order valence-electron chi connectivity index (χ0n) is 19.3. The second-order valence-electron chi connectivity index (χ2n) is 8.77. The number of ketones is 3. The van der Waals surface area contributed by atoms with Gasteiger partial charge < -0.3 is 4.74 Å². The van der Waals surface area contributed by atoms with Crippen molar-refractivity contribution in [3.05, 3.63) is 137 Å². The van der Waals surface area contributed by atoms with Gasteiger partial charge >= 0.3 is 0 Å². The predicted octanol–water partition coefficient (Wildman–Crippen LogP) is 6.10. The molecule has 0 fully saturated rings. The number of fused-ring (bicyclic) bond motifs is 1. The van der Waals surface area contributed by atoms with Crippen molar-refractivity contribution < 1.29 is 19.1 Å². The summed E-state index contributed by atoms with van der Waals surface area (Å²) in [5.41, 5.74) is 3.04. The van der Waals surface area contributed by atoms with E-state index in [4.69, 9.17) is 4.74 Å². The average Bonchev–Trinajstić information content (AvgIpc) is 3.29. The van der Waals surface area contributed by atoms with E-state index in [1.165, 1.54) is 0 Å². The Kier molecular flexibility index (Phi) is 6.11. The number of ether oxygens (including phenoxy) is 1. The lowest BCUT2D eigenvalue weighted by Gasteiger charge is -2.26. The molecule has 0 bridgehead atoms. The van der Waals surface area contributed by atoms with Crippen LogP contribution in [0.1, 0.15) is 48.1 Å². The highest BCUT2D eigenvalue weighted by Gasteiger charge is 2.49. The summed E-state index contributed by atoms with van der Waals surface area (Å²) in [5, 5.41) is 0. The van der Waals surface area contributed by atoms with Crippen LogP contribution in [-0.2, 0) is 0 Å². The number of hydrogen-bond donors (Lipinski definition) is 0. The van der Waals surface area contributed by atoms with Crippen LogP contribution in [-0.4, -0.2) is 23.5 Å². The van der Waals surface area contributed by atoms with E-state index < -0.39 is 17.9 Å². The lowest BCUT2D eigenvalue weighted by molar-refractivity contribution is 0.0669. The van der Waals surface area contributed by atoms with Crippen molar-refractivity contribution in [3.8, 4) is 5.75 Å². The highest BCUT2D eigenvalue weighted by molar-refractivity contribution is 6.17. The van der Waals surface area contributed by atoms with Crippen molar-refractivity contribution in [2.45, 2.75) is 18.9 Å². The molecule has 4 aromatic carbocycles. The average molecular weight is 461 g/mol. The number of benzene rings is 4. The standard InChI is InChI=1S/C31H24O4/c1-20-16-18-23(19-17-20)29(33)27(28(32)21-10-4-2-5-11-21)26-24-14-8-9-15-25(24)35-31(26)30(34)22-12-6-3-7-13-22/h2-19,26-27,31H,1H3. The summed E-state index contributed by atoms with van der Waals surface area (Å²) < 4.78 is 6.15. The molecule has 4 aromatic rings. The van der Waals surface area contributed by atoms with Crippen molar-refractivity contribution in [1.82, 2.24) is 0 Å². The van der Waals surface area contributed by atoms with E-state index in [1.807, 2.05) is 49.4 Å². The fourth-order valence-corrected chi connectivity index (χ4v) is 4.70. The number of Topliss-reactive ketones (excluding diaryl/α,β-unsaturated/α-hetero) is 3. The van der Waals surface area contributed by atoms with Crippen molar-refractivity contribution in [2.75, 3.05) is 0 Å². The lowest BCUT2D eigenvalue weighted by Crippen LogP contribution is -2.40. The van der Waals surface area contributed by atoms with Crippen LogP contribution in [0.2, 0.25) is 0 Å². The van der Waals surface area contributed by atoms with Crippen molar-refractivity contribution in [3.63, 3.8) is 0 Å². The highest BCUT2D eigenvalue weighted by atomic mass is 16.5. The van der Waals surface area contributed by atoms with Gasteiger partial charge in [-0.25, -0.2) is 0 Å². The zero-order chi connectivity index (χ0) is 24.4. The third-order valence-electron chi connectivity index (χ3n) is 6.49. The Morgan fingerprint density at radius 2 is 1.14 bits per heavy atom. The molecule has 0 N–H and O–H groups in total. The molecule has 0 aliphatic carbocycles. The molecule has 35 heavy (non-hydrogen) atoms. The van der Waals surface area contributed by atoms with E-state index in [-0.39, 0.29) is 17.3 Å². The van der Waals surface area contributed by atoms with E-state index in [9.17, 15) is 14.4 Å². The van der Waals surface area contributed by atoms with Gasteiger partial charge in [0.05, 0.1) is 5.92 Å². The molecule has 3 atom stereocenters. The maximum atomic E-state index is 14.0. The monoisotopic (exact) mass is 460 g/mol. The number of carbonyl (C=O) groups excluding carboxylic acids is 3. The largest absolute Gasteiger partial charge is 0.481 e. The molecule has 0 saturated heterocycles. The van der Waals surface area contributed by atoms with Crippen LogP contribution in [0.25, 0.3) is 0 Å². The van der Waals surface area contributed by atoms with E-state index >= 15 is 0 Å². The Hall–Kier alpha value is -4.31. The van der Waals surface area contributed by atoms with Crippen LogP contribution in [0.3, 0.4) is 0 Å². The van der Waals surface area contributed by atoms with Gasteiger partial charge in [-0.3, -0.25) is 14.4 Å². The fraction of sp³-hybridized carbons (Fsp3) is 0.129. The molecule has 0 amide bonds. The van der Waals surface area contributed by atoms with E-state index in [0.717, 1.165) is 5.56 Å². The van der Waals surface area contributed by atoms with Gasteiger partial charge in [-0.1, -0.05) is 109 Å². The van der Waals surface area contributed by atoms with Gasteiger partial charge in [0.2, 0.25) is 5.78 Å². The van der Waals surface area contributed by atoms with Gasteiger partial charge in [0.25, 0.3) is 0 Å². The van der Waals surface area contributed by atoms with Crippen LogP contribution < -0.4 is 4.74 Å². The molecule has 5 rings (SSSR count). The van der Waals surface area contributed by atoms with E-state index in [1.54, 1.807) is 66.7 Å². The molecule has 3 unspecified atom stereocenters. The molecule has 0 saturated carbocycles. The molecule has 0 spiro atoms. The summed E-state index contributed by atoms with van der Waals surface area (Å²) in [6.07, 6.45) is -0.998. The van der Waals surface area contributed by atoms with E-state index in [0.29, 0.717) is 28.0 Å². The molecular formula is C31H24O4. The molecule has 4 heteroatoms. The molecule has 4 nitrogen and oxygen atoms in total. The third-order valence-corrected chi connectivity index (χ3v) is 6.49. The van der Waals surface area contributed by atoms with Gasteiger partial charge in [-0.05, 0) is 13.0 Å². The van der Waals surface area contributed by atoms with E-state index in [2.05, 4.69) is 0 Å². The number of para-hydroxylation sites is 1. The molecule has 1 aliphatic heterocycles. The maximum absolute atomic E-state index is 14.0. The SMILES string of the molecule is Cc1ccc(C(=O)C(C(=O)c2ccccc2)C2c3ccccc3OC2C(=O)c2ccccc2)cc1. The first-order chi connectivity index (χ1) is 17.0. The first kappa shape index (κ1) is 22.5. The van der Waals surface area contributed by atoms with Crippen LogP contribution in [0.5, 0.6) is 5.75 Å². The Morgan fingerprint density at radius 3 is 1.77 bits per heavy atom. The summed E-state index contributed by atoms with van der Waals surface area (Å²) >= 11 is 0. The molecule has 1 aliphatic rings. The molecule has 0 radical (unpaired) electrons. The van der Waals surface area contributed by atoms with Gasteiger partial charge in [0.1, 0.15) is 5.75 Å². The summed E-state index contributed by atoms with van der Waals surface area (Å²) in [4.78, 5) is 41.6. The summed E-state index contributed by atoms with van der Waals surface area (Å²) in [5.74, 6) is -2.27. The predicted molar refractivity (Wildman–Crippen MR) is 134 cm³/mol. The highest BCUT2D eigenvalue weighted by Crippen LogP contribution is 2.45. The van der Waals surface area contributed by atoms with Crippen molar-refractivity contribution in [2.24, 2.45) is 5.92 Å². The smallest absolute Gasteiger partial charge is 0.203 e. The van der Waals surface area contributed by atoms with Gasteiger partial charge in [0, 0.05) is 28.2 Å². The molecular weight excluding hydrogens is 436 g/mol. The molecule has 172 valence electrons. The number of carbonyl (C=O) groups is 3. The van der Waals surface area contributed by atoms with Gasteiger partial charge in [-0.2, -0.15) is 0 Å². The molecule has 0 aromatic heterocycles. The topological polar surface area (TPSA) is 60.4 Å². The van der Waals surface area contributed by atoms with Crippen LogP contribution in [0, 0.1) is 12.8 Å². The molecule has 1 heterocycles. The Balaban J connectivity index is 1.65. The second kappa shape index (κ2) is 9.51. The minimum absolute atomic E-state index is 0.255. The minimum atomic E-state index is -1.12. The minimum Gasteiger partial charge on any atom is -0.481 e. The van der Waals surface area contributed by atoms with Gasteiger partial charge in [-0.15, -0.1) is 0 Å². The quantitative estimate of drug-likeness (QED) is 0.247. The zero-order valence-corrected chi connectivity index (χ0v) is 19.3. The number of hydrogen-bond acceptors (Lipinski definition) is 4. The number of rotatable bonds is 7. The second-order valence-corrected chi connectivity index (χ2v) is 8.77. The Morgan fingerprint density at radius 1 is 0.629 bits per heavy atom. The fourth-order valence-electron chi connectivity index (χ4n) is 4.70. The first-order valence-corrected chi connectivity index (χ1v) is 11.6.